The monoisotopic (exact) mass is 211 g/mol. The Hall–Kier alpha value is 0.430. The highest BCUT2D eigenvalue weighted by atomic mass is 127. The van der Waals surface area contributed by atoms with Crippen LogP contribution in [0.25, 0.3) is 0 Å². The second kappa shape index (κ2) is 1.93. The van der Waals surface area contributed by atoms with Crippen molar-refractivity contribution in [2.75, 3.05) is 0 Å². The Morgan fingerprint density at radius 3 is 3.00 bits per heavy atom. The zero-order chi connectivity index (χ0) is 5.28. The third kappa shape index (κ3) is 0.944. The summed E-state index contributed by atoms with van der Waals surface area (Å²) in [5.41, 5.74) is 0. The second-order valence-electron chi connectivity index (χ2n) is 0.839. The van der Waals surface area contributed by atoms with Crippen LogP contribution in [0.15, 0.2) is 17.5 Å². The van der Waals surface area contributed by atoms with Gasteiger partial charge in [0.05, 0.1) is 4.25 Å². The van der Waals surface area contributed by atoms with Gasteiger partial charge in [0.15, 0.2) is 0 Å². The van der Waals surface area contributed by atoms with Gasteiger partial charge in [-0.3, -0.25) is 0 Å². The minimum atomic E-state index is 0.644. The molecule has 0 saturated carbocycles. The molecule has 1 heterocycles. The predicted molar refractivity (Wildman–Crippen MR) is 37.0 cm³/mol. The van der Waals surface area contributed by atoms with E-state index in [1.54, 1.807) is 17.4 Å². The van der Waals surface area contributed by atoms with Gasteiger partial charge in [0.25, 0.3) is 0 Å². The number of thiophene rings is 1. The third-order valence-corrected chi connectivity index (χ3v) is 2.11. The molecular weight excluding hydrogens is 207 g/mol. The van der Waals surface area contributed by atoms with Crippen LogP contribution in [0.2, 0.25) is 0 Å². The number of rotatable bonds is 0. The Morgan fingerprint density at radius 2 is 2.83 bits per heavy atom. The van der Waals surface area contributed by atoms with E-state index in [4.69, 9.17) is 1.37 Å². The fourth-order valence-corrected chi connectivity index (χ4v) is 1.24. The van der Waals surface area contributed by atoms with Gasteiger partial charge < -0.3 is 0 Å². The summed E-state index contributed by atoms with van der Waals surface area (Å²) >= 11 is 3.75. The minimum absolute atomic E-state index is 0.644. The average Bonchev–Trinajstić information content (AvgIpc) is 1.91. The highest BCUT2D eigenvalue weighted by Gasteiger charge is 1.77. The quantitative estimate of drug-likeness (QED) is 0.578. The van der Waals surface area contributed by atoms with Gasteiger partial charge in [-0.2, -0.15) is 0 Å². The average molecular weight is 211 g/mol. The van der Waals surface area contributed by atoms with E-state index in [1.807, 2.05) is 5.38 Å². The van der Waals surface area contributed by atoms with Crippen molar-refractivity contribution >= 4 is 33.9 Å². The lowest BCUT2D eigenvalue weighted by Crippen LogP contribution is -1.38. The fourth-order valence-electron chi connectivity index (χ4n) is 0.227. The van der Waals surface area contributed by atoms with Gasteiger partial charge in [-0.25, -0.2) is 0 Å². The topological polar surface area (TPSA) is 0 Å². The van der Waals surface area contributed by atoms with Crippen molar-refractivity contribution in [3.8, 4) is 0 Å². The molecule has 0 aliphatic carbocycles. The van der Waals surface area contributed by atoms with Gasteiger partial charge in [-0.05, 0) is 34.0 Å². The third-order valence-electron chi connectivity index (χ3n) is 0.436. The van der Waals surface area contributed by atoms with Gasteiger partial charge >= 0.3 is 0 Å². The Bertz CT molecular complexity index is 144. The summed E-state index contributed by atoms with van der Waals surface area (Å²) in [6, 6.07) is 2.44. The second-order valence-corrected chi connectivity index (χ2v) is 3.57. The van der Waals surface area contributed by atoms with Gasteiger partial charge in [-0.15, -0.1) is 11.3 Å². The maximum atomic E-state index is 7.10. The molecule has 0 unspecified atom stereocenters. The summed E-state index contributed by atoms with van der Waals surface area (Å²) < 4.78 is 8.17. The molecule has 1 aromatic rings. The summed E-state index contributed by atoms with van der Waals surface area (Å²) in [5.74, 6) is 0. The molecule has 32 valence electrons. The van der Waals surface area contributed by atoms with Crippen molar-refractivity contribution < 1.29 is 1.37 Å². The molecule has 0 aromatic carbocycles. The van der Waals surface area contributed by atoms with E-state index >= 15 is 0 Å². The van der Waals surface area contributed by atoms with Crippen LogP contribution in [0.4, 0.5) is 0 Å². The van der Waals surface area contributed by atoms with Gasteiger partial charge in [0.2, 0.25) is 0 Å². The van der Waals surface area contributed by atoms with Gasteiger partial charge in [0.1, 0.15) is 0 Å². The minimum Gasteiger partial charge on any atom is -0.138 e. The summed E-state index contributed by atoms with van der Waals surface area (Å²) in [4.78, 5) is 0. The van der Waals surface area contributed by atoms with E-state index in [-0.39, 0.29) is 0 Å². The Kier molecular flexibility index (Phi) is 1.10. The Morgan fingerprint density at radius 1 is 2.00 bits per heavy atom. The summed E-state index contributed by atoms with van der Waals surface area (Å²) in [5, 5.41) is 1.92. The Balaban J connectivity index is 3.12. The molecule has 0 spiro atoms. The van der Waals surface area contributed by atoms with Crippen molar-refractivity contribution in [2.45, 2.75) is 0 Å². The first-order chi connectivity index (χ1) is 3.30. The maximum absolute atomic E-state index is 7.10. The standard InChI is InChI=1S/C4H3IS/c5-4-2-1-3-6-4/h1-3H/i2D. The molecule has 0 aliphatic heterocycles. The lowest BCUT2D eigenvalue weighted by atomic mass is 10.7. The van der Waals surface area contributed by atoms with Crippen LogP contribution in [-0.2, 0) is 0 Å². The summed E-state index contributed by atoms with van der Waals surface area (Å²) in [6.07, 6.45) is 0. The highest BCUT2D eigenvalue weighted by Crippen LogP contribution is 2.09. The van der Waals surface area contributed by atoms with Crippen LogP contribution in [0.1, 0.15) is 1.37 Å². The largest absolute Gasteiger partial charge is 0.138 e. The van der Waals surface area contributed by atoms with Crippen molar-refractivity contribution in [1.82, 2.24) is 0 Å². The van der Waals surface area contributed by atoms with Crippen molar-refractivity contribution in [2.24, 2.45) is 0 Å². The SMILES string of the molecule is [2H]c1ccsc1I. The van der Waals surface area contributed by atoms with Crippen molar-refractivity contribution in [3.63, 3.8) is 0 Å². The molecule has 6 heavy (non-hydrogen) atoms. The van der Waals surface area contributed by atoms with E-state index in [9.17, 15) is 0 Å². The van der Waals surface area contributed by atoms with Crippen LogP contribution < -0.4 is 0 Å². The molecular formula is C4H3IS. The molecule has 0 aliphatic rings. The first kappa shape index (κ1) is 3.43. The lowest BCUT2D eigenvalue weighted by molar-refractivity contribution is 1.97. The number of hydrogen-bond donors (Lipinski definition) is 0. The van der Waals surface area contributed by atoms with E-state index < -0.39 is 0 Å². The molecule has 0 amide bonds. The molecule has 2 heteroatoms. The molecule has 0 saturated heterocycles. The lowest BCUT2D eigenvalue weighted by Gasteiger charge is -1.62. The first-order valence-electron chi connectivity index (χ1n) is 2.00. The van der Waals surface area contributed by atoms with E-state index in [1.165, 1.54) is 0 Å². The highest BCUT2D eigenvalue weighted by molar-refractivity contribution is 14.1. The van der Waals surface area contributed by atoms with Gasteiger partial charge in [0, 0.05) is 0 Å². The zero-order valence-electron chi connectivity index (χ0n) is 3.94. The van der Waals surface area contributed by atoms with Crippen LogP contribution in [0.3, 0.4) is 0 Å². The zero-order valence-corrected chi connectivity index (χ0v) is 5.91. The van der Waals surface area contributed by atoms with Crippen LogP contribution in [0, 0.1) is 2.88 Å². The van der Waals surface area contributed by atoms with Gasteiger partial charge in [-0.1, -0.05) is 6.07 Å². The van der Waals surface area contributed by atoms with E-state index in [0.29, 0.717) is 6.04 Å². The molecule has 0 atom stereocenters. The smallest absolute Gasteiger partial charge is 0.0653 e. The molecule has 0 radical (unpaired) electrons. The van der Waals surface area contributed by atoms with Crippen LogP contribution in [0.5, 0.6) is 0 Å². The normalized spacial score (nSPS) is 11.2. The van der Waals surface area contributed by atoms with Crippen molar-refractivity contribution in [3.05, 3.63) is 20.4 Å². The molecule has 0 bridgehead atoms. The van der Waals surface area contributed by atoms with E-state index in [0.717, 1.165) is 2.88 Å². The summed E-state index contributed by atoms with van der Waals surface area (Å²) in [6.45, 7) is 0. The van der Waals surface area contributed by atoms with Crippen LogP contribution >= 0.6 is 33.9 Å². The van der Waals surface area contributed by atoms with Crippen molar-refractivity contribution in [1.29, 1.82) is 0 Å². The van der Waals surface area contributed by atoms with E-state index in [2.05, 4.69) is 22.6 Å². The number of halogens is 1. The molecule has 0 nitrogen and oxygen atoms in total. The van der Waals surface area contributed by atoms with Crippen LogP contribution in [-0.4, -0.2) is 0 Å². The predicted octanol–water partition coefficient (Wildman–Crippen LogP) is 2.35. The number of hydrogen-bond acceptors (Lipinski definition) is 1. The molecule has 0 fully saturated rings. The first-order valence-corrected chi connectivity index (χ1v) is 3.46. The summed E-state index contributed by atoms with van der Waals surface area (Å²) in [7, 11) is 0. The maximum Gasteiger partial charge on any atom is 0.0653 e. The molecule has 1 rings (SSSR count). The fraction of sp³-hybridized carbons (Fsp3) is 0. The molecule has 1 aromatic heterocycles. The molecule has 0 N–H and O–H groups in total. The Labute approximate surface area is 55.7 Å².